The third-order valence-electron chi connectivity index (χ3n) is 4.23. The molecule has 1 aromatic carbocycles. The van der Waals surface area contributed by atoms with Crippen LogP contribution in [0.1, 0.15) is 12.0 Å². The Morgan fingerprint density at radius 1 is 1.11 bits per heavy atom. The van der Waals surface area contributed by atoms with Crippen LogP contribution in [0.4, 0.5) is 0 Å². The van der Waals surface area contributed by atoms with Crippen LogP contribution >= 0.6 is 22.6 Å². The molecule has 2 aliphatic rings. The molecule has 2 saturated heterocycles. The van der Waals surface area contributed by atoms with E-state index in [-0.39, 0.29) is 0 Å². The van der Waals surface area contributed by atoms with Crippen LogP contribution in [-0.2, 0) is 6.54 Å². The molecule has 0 bridgehead atoms. The molecule has 0 aliphatic carbocycles. The van der Waals surface area contributed by atoms with Gasteiger partial charge in [0.15, 0.2) is 0 Å². The minimum absolute atomic E-state index is 0.783. The molecule has 1 N–H and O–H groups in total. The van der Waals surface area contributed by atoms with Crippen LogP contribution in [0.15, 0.2) is 24.3 Å². The second-order valence-electron chi connectivity index (χ2n) is 5.59. The van der Waals surface area contributed by atoms with E-state index in [2.05, 4.69) is 62.0 Å². The van der Waals surface area contributed by atoms with E-state index in [0.717, 1.165) is 25.7 Å². The van der Waals surface area contributed by atoms with Crippen molar-refractivity contribution < 1.29 is 0 Å². The second kappa shape index (κ2) is 6.52. The minimum Gasteiger partial charge on any atom is -0.314 e. The topological polar surface area (TPSA) is 18.5 Å². The van der Waals surface area contributed by atoms with E-state index in [1.165, 1.54) is 41.7 Å². The number of nitrogens with zero attached hydrogens (tertiary/aromatic N) is 2. The Balaban J connectivity index is 1.52. The number of halogens is 1. The fraction of sp³-hybridized carbons (Fsp3) is 0.600. The van der Waals surface area contributed by atoms with E-state index in [1.807, 2.05) is 0 Å². The van der Waals surface area contributed by atoms with E-state index >= 15 is 0 Å². The Kier molecular flexibility index (Phi) is 4.73. The number of likely N-dealkylation sites (tertiary alicyclic amines) is 1. The maximum absolute atomic E-state index is 3.44. The van der Waals surface area contributed by atoms with Crippen LogP contribution < -0.4 is 5.32 Å². The van der Waals surface area contributed by atoms with E-state index < -0.39 is 0 Å². The zero-order valence-electron chi connectivity index (χ0n) is 11.3. The van der Waals surface area contributed by atoms with E-state index in [1.54, 1.807) is 0 Å². The number of piperazine rings is 1. The molecule has 0 radical (unpaired) electrons. The lowest BCUT2D eigenvalue weighted by Crippen LogP contribution is -2.49. The predicted octanol–water partition coefficient (Wildman–Crippen LogP) is 1.77. The largest absolute Gasteiger partial charge is 0.314 e. The molecule has 0 saturated carbocycles. The first-order valence-electron chi connectivity index (χ1n) is 7.23. The maximum atomic E-state index is 3.44. The molecule has 1 unspecified atom stereocenters. The van der Waals surface area contributed by atoms with Crippen molar-refractivity contribution in [1.29, 1.82) is 0 Å². The van der Waals surface area contributed by atoms with Gasteiger partial charge >= 0.3 is 0 Å². The van der Waals surface area contributed by atoms with Gasteiger partial charge in [0.2, 0.25) is 0 Å². The van der Waals surface area contributed by atoms with Gasteiger partial charge in [-0.3, -0.25) is 9.80 Å². The normalized spacial score (nSPS) is 25.8. The van der Waals surface area contributed by atoms with Crippen molar-refractivity contribution in [2.75, 3.05) is 39.3 Å². The van der Waals surface area contributed by atoms with Crippen LogP contribution in [0, 0.1) is 3.57 Å². The highest BCUT2D eigenvalue weighted by molar-refractivity contribution is 14.1. The summed E-state index contributed by atoms with van der Waals surface area (Å²) < 4.78 is 1.32. The summed E-state index contributed by atoms with van der Waals surface area (Å²) in [6.07, 6.45) is 1.34. The smallest absolute Gasteiger partial charge is 0.0236 e. The molecule has 0 spiro atoms. The van der Waals surface area contributed by atoms with E-state index in [9.17, 15) is 0 Å². The molecule has 1 aromatic rings. The zero-order valence-corrected chi connectivity index (χ0v) is 13.5. The summed E-state index contributed by atoms with van der Waals surface area (Å²) in [7, 11) is 0. The lowest BCUT2D eigenvalue weighted by atomic mass is 10.2. The molecule has 4 heteroatoms. The molecule has 2 fully saturated rings. The van der Waals surface area contributed by atoms with Crippen molar-refractivity contribution >= 4 is 22.6 Å². The molecule has 3 rings (SSSR count). The summed E-state index contributed by atoms with van der Waals surface area (Å²) >= 11 is 2.37. The number of rotatable bonds is 3. The van der Waals surface area contributed by atoms with Crippen LogP contribution in [0.5, 0.6) is 0 Å². The monoisotopic (exact) mass is 371 g/mol. The molecule has 3 nitrogen and oxygen atoms in total. The van der Waals surface area contributed by atoms with Gasteiger partial charge in [-0.05, 0) is 46.7 Å². The van der Waals surface area contributed by atoms with Crippen LogP contribution in [0.2, 0.25) is 0 Å². The van der Waals surface area contributed by atoms with Gasteiger partial charge in [0.25, 0.3) is 0 Å². The van der Waals surface area contributed by atoms with Crippen molar-refractivity contribution in [3.05, 3.63) is 33.4 Å². The van der Waals surface area contributed by atoms with Crippen LogP contribution in [0.25, 0.3) is 0 Å². The quantitative estimate of drug-likeness (QED) is 0.818. The molecule has 2 heterocycles. The Bertz CT molecular complexity index is 400. The second-order valence-corrected chi connectivity index (χ2v) is 6.84. The highest BCUT2D eigenvalue weighted by Gasteiger charge is 2.28. The van der Waals surface area contributed by atoms with Gasteiger partial charge in [-0.2, -0.15) is 0 Å². The van der Waals surface area contributed by atoms with Gasteiger partial charge in [0.05, 0.1) is 0 Å². The van der Waals surface area contributed by atoms with Crippen molar-refractivity contribution in [3.8, 4) is 0 Å². The predicted molar refractivity (Wildman–Crippen MR) is 87.3 cm³/mol. The van der Waals surface area contributed by atoms with Gasteiger partial charge in [0.1, 0.15) is 0 Å². The van der Waals surface area contributed by atoms with Gasteiger partial charge < -0.3 is 5.32 Å². The Morgan fingerprint density at radius 2 is 1.84 bits per heavy atom. The standard InChI is InChI=1S/C15H22IN3/c16-14-3-1-13(2-4-14)11-18-8-5-15(12-18)19-9-6-17-7-10-19/h1-4,15,17H,5-12H2. The minimum atomic E-state index is 0.783. The van der Waals surface area contributed by atoms with Gasteiger partial charge in [-0.25, -0.2) is 0 Å². The summed E-state index contributed by atoms with van der Waals surface area (Å²) in [5.41, 5.74) is 1.45. The number of nitrogens with one attached hydrogen (secondary N) is 1. The Morgan fingerprint density at radius 3 is 2.58 bits per heavy atom. The van der Waals surface area contributed by atoms with Gasteiger partial charge in [-0.15, -0.1) is 0 Å². The zero-order chi connectivity index (χ0) is 13.1. The van der Waals surface area contributed by atoms with Crippen molar-refractivity contribution in [1.82, 2.24) is 15.1 Å². The molecule has 0 aromatic heterocycles. The first-order valence-corrected chi connectivity index (χ1v) is 8.31. The third kappa shape index (κ3) is 3.68. The van der Waals surface area contributed by atoms with Crippen molar-refractivity contribution in [2.24, 2.45) is 0 Å². The Hall–Kier alpha value is -0.170. The summed E-state index contributed by atoms with van der Waals surface area (Å²) in [4.78, 5) is 5.28. The lowest BCUT2D eigenvalue weighted by Gasteiger charge is -2.32. The Labute approximate surface area is 129 Å². The first kappa shape index (κ1) is 13.8. The fourth-order valence-corrected chi connectivity index (χ4v) is 3.51. The lowest BCUT2D eigenvalue weighted by molar-refractivity contribution is 0.170. The molecular formula is C15H22IN3. The summed E-state index contributed by atoms with van der Waals surface area (Å²) in [5.74, 6) is 0. The molecule has 19 heavy (non-hydrogen) atoms. The number of hydrogen-bond acceptors (Lipinski definition) is 3. The molecule has 2 aliphatic heterocycles. The van der Waals surface area contributed by atoms with Crippen molar-refractivity contribution in [2.45, 2.75) is 19.0 Å². The molecular weight excluding hydrogens is 349 g/mol. The van der Waals surface area contributed by atoms with E-state index in [4.69, 9.17) is 0 Å². The maximum Gasteiger partial charge on any atom is 0.0236 e. The first-order chi connectivity index (χ1) is 9.31. The van der Waals surface area contributed by atoms with Crippen LogP contribution in [0.3, 0.4) is 0 Å². The molecule has 1 atom stereocenters. The fourth-order valence-electron chi connectivity index (χ4n) is 3.15. The van der Waals surface area contributed by atoms with Crippen molar-refractivity contribution in [3.63, 3.8) is 0 Å². The third-order valence-corrected chi connectivity index (χ3v) is 4.95. The van der Waals surface area contributed by atoms with Gasteiger partial charge in [-0.1, -0.05) is 12.1 Å². The average molecular weight is 371 g/mol. The summed E-state index contributed by atoms with van der Waals surface area (Å²) in [5, 5.41) is 3.44. The van der Waals surface area contributed by atoms with E-state index in [0.29, 0.717) is 0 Å². The SMILES string of the molecule is Ic1ccc(CN2CCC(N3CCNCC3)C2)cc1. The number of benzene rings is 1. The van der Waals surface area contributed by atoms with Gasteiger partial charge in [0, 0.05) is 55.4 Å². The summed E-state index contributed by atoms with van der Waals surface area (Å²) in [6, 6.07) is 9.73. The summed E-state index contributed by atoms with van der Waals surface area (Å²) in [6.45, 7) is 8.37. The van der Waals surface area contributed by atoms with Crippen LogP contribution in [-0.4, -0.2) is 55.1 Å². The number of hydrogen-bond donors (Lipinski definition) is 1. The highest BCUT2D eigenvalue weighted by Crippen LogP contribution is 2.19. The highest BCUT2D eigenvalue weighted by atomic mass is 127. The molecule has 0 amide bonds. The molecule has 104 valence electrons. The average Bonchev–Trinajstić information content (AvgIpc) is 2.91.